The Hall–Kier alpha value is -4.48. The van der Waals surface area contributed by atoms with Crippen molar-refractivity contribution in [3.8, 4) is 22.8 Å². The highest BCUT2D eigenvalue weighted by atomic mass is 35.5. The third-order valence-electron chi connectivity index (χ3n) is 5.91. The van der Waals surface area contributed by atoms with Crippen LogP contribution in [0.3, 0.4) is 0 Å². The zero-order valence-corrected chi connectivity index (χ0v) is 20.7. The summed E-state index contributed by atoms with van der Waals surface area (Å²) < 4.78 is 17.5. The van der Waals surface area contributed by atoms with E-state index in [2.05, 4.69) is 0 Å². The van der Waals surface area contributed by atoms with Gasteiger partial charge in [-0.3, -0.25) is 4.79 Å². The number of furan rings is 1. The van der Waals surface area contributed by atoms with Crippen LogP contribution in [-0.4, -0.2) is 18.0 Å². The lowest BCUT2D eigenvalue weighted by molar-refractivity contribution is 0.104. The normalized spacial score (nSPS) is 11.5. The highest BCUT2D eigenvalue weighted by molar-refractivity contribution is 6.32. The molecule has 0 bridgehead atoms. The number of ketones is 1. The quantitative estimate of drug-likeness (QED) is 0.130. The molecule has 1 aromatic heterocycles. The minimum atomic E-state index is -0.384. The van der Waals surface area contributed by atoms with E-state index < -0.39 is 0 Å². The van der Waals surface area contributed by atoms with Gasteiger partial charge in [-0.25, -0.2) is 0 Å². The van der Waals surface area contributed by atoms with Crippen LogP contribution in [0.15, 0.2) is 108 Å². The molecule has 0 radical (unpaired) electrons. The zero-order valence-electron chi connectivity index (χ0n) is 20.0. The van der Waals surface area contributed by atoms with Gasteiger partial charge < -0.3 is 19.0 Å². The average Bonchev–Trinajstić information content (AvgIpc) is 3.37. The Balaban J connectivity index is 1.42. The van der Waals surface area contributed by atoms with Crippen LogP contribution in [0.2, 0.25) is 5.02 Å². The number of carbonyl (C=O) groups excluding carboxylic acids is 1. The van der Waals surface area contributed by atoms with E-state index in [1.807, 2.05) is 48.5 Å². The molecule has 0 spiro atoms. The number of allylic oxidation sites excluding steroid dienone is 1. The molecule has 0 fully saturated rings. The molecule has 184 valence electrons. The predicted molar refractivity (Wildman–Crippen MR) is 145 cm³/mol. The zero-order chi connectivity index (χ0) is 25.8. The van der Waals surface area contributed by atoms with Crippen molar-refractivity contribution in [1.29, 1.82) is 0 Å². The Morgan fingerprint density at radius 3 is 2.38 bits per heavy atom. The van der Waals surface area contributed by atoms with E-state index in [1.54, 1.807) is 48.5 Å². The lowest BCUT2D eigenvalue weighted by Gasteiger charge is -2.09. The number of hydrogen-bond donors (Lipinski definition) is 1. The first-order chi connectivity index (χ1) is 18.0. The van der Waals surface area contributed by atoms with Gasteiger partial charge in [0, 0.05) is 17.2 Å². The van der Waals surface area contributed by atoms with Crippen molar-refractivity contribution >= 4 is 34.1 Å². The van der Waals surface area contributed by atoms with Crippen LogP contribution in [-0.2, 0) is 6.61 Å². The average molecular weight is 511 g/mol. The van der Waals surface area contributed by atoms with Crippen molar-refractivity contribution in [3.05, 3.63) is 125 Å². The number of methoxy groups -OCH3 is 1. The molecular weight excluding hydrogens is 488 g/mol. The summed E-state index contributed by atoms with van der Waals surface area (Å²) in [4.78, 5) is 13.0. The molecule has 6 heteroatoms. The number of aliphatic hydroxyl groups is 1. The number of rotatable bonds is 8. The molecule has 5 aromatic rings. The number of halogens is 1. The molecular formula is C31H23ClO5. The number of ether oxygens (including phenoxy) is 2. The lowest BCUT2D eigenvalue weighted by atomic mass is 10.0. The van der Waals surface area contributed by atoms with Crippen molar-refractivity contribution in [2.75, 3.05) is 7.11 Å². The molecule has 1 heterocycles. The standard InChI is InChI=1S/C31H23ClO5/c1-35-31-23(27(34)18-26(33)21-10-6-3-7-11-21)13-15-28-24(31)17-30(37-28)22-12-14-29(25(32)16-22)36-19-20-8-4-2-5-9-20/h2-18,33H,19H2,1H3/b26-18-. The van der Waals surface area contributed by atoms with E-state index in [9.17, 15) is 9.90 Å². The summed E-state index contributed by atoms with van der Waals surface area (Å²) in [7, 11) is 1.49. The minimum Gasteiger partial charge on any atom is -0.507 e. The molecule has 0 atom stereocenters. The van der Waals surface area contributed by atoms with E-state index in [0.717, 1.165) is 11.1 Å². The summed E-state index contributed by atoms with van der Waals surface area (Å²) in [5, 5.41) is 11.5. The Bertz CT molecular complexity index is 1590. The second kappa shape index (κ2) is 10.6. The van der Waals surface area contributed by atoms with Gasteiger partial charge in [0.2, 0.25) is 0 Å². The molecule has 5 rings (SSSR count). The number of carbonyl (C=O) groups is 1. The first-order valence-electron chi connectivity index (χ1n) is 11.6. The van der Waals surface area contributed by atoms with E-state index in [0.29, 0.717) is 51.0 Å². The maximum Gasteiger partial charge on any atom is 0.193 e. The molecule has 5 nitrogen and oxygen atoms in total. The van der Waals surface area contributed by atoms with Crippen molar-refractivity contribution < 1.29 is 23.8 Å². The largest absolute Gasteiger partial charge is 0.507 e. The van der Waals surface area contributed by atoms with Gasteiger partial charge in [-0.15, -0.1) is 0 Å². The fraction of sp³-hybridized carbons (Fsp3) is 0.0645. The Labute approximate surface area is 219 Å². The van der Waals surface area contributed by atoms with Gasteiger partial charge in [0.05, 0.1) is 23.1 Å². The summed E-state index contributed by atoms with van der Waals surface area (Å²) in [5.41, 5.74) is 3.22. The van der Waals surface area contributed by atoms with Gasteiger partial charge >= 0.3 is 0 Å². The summed E-state index contributed by atoms with van der Waals surface area (Å²) in [6, 6.07) is 29.3. The number of benzene rings is 4. The Morgan fingerprint density at radius 2 is 1.68 bits per heavy atom. The van der Waals surface area contributed by atoms with Crippen LogP contribution in [0.1, 0.15) is 21.5 Å². The maximum atomic E-state index is 13.0. The third kappa shape index (κ3) is 5.22. The smallest absolute Gasteiger partial charge is 0.193 e. The summed E-state index contributed by atoms with van der Waals surface area (Å²) >= 11 is 6.50. The second-order valence-electron chi connectivity index (χ2n) is 8.35. The van der Waals surface area contributed by atoms with Gasteiger partial charge in [0.15, 0.2) is 5.78 Å². The van der Waals surface area contributed by atoms with Gasteiger partial charge in [-0.05, 0) is 42.0 Å². The van der Waals surface area contributed by atoms with Crippen molar-refractivity contribution in [2.24, 2.45) is 0 Å². The van der Waals surface area contributed by atoms with Gasteiger partial charge in [0.25, 0.3) is 0 Å². The first-order valence-corrected chi connectivity index (χ1v) is 12.0. The fourth-order valence-corrected chi connectivity index (χ4v) is 4.28. The number of hydrogen-bond acceptors (Lipinski definition) is 5. The monoisotopic (exact) mass is 510 g/mol. The summed E-state index contributed by atoms with van der Waals surface area (Å²) in [6.45, 7) is 0.410. The van der Waals surface area contributed by atoms with E-state index in [-0.39, 0.29) is 11.5 Å². The minimum absolute atomic E-state index is 0.121. The van der Waals surface area contributed by atoms with Crippen LogP contribution in [0.5, 0.6) is 11.5 Å². The molecule has 0 unspecified atom stereocenters. The Morgan fingerprint density at radius 1 is 0.946 bits per heavy atom. The maximum absolute atomic E-state index is 13.0. The van der Waals surface area contributed by atoms with Crippen molar-refractivity contribution in [2.45, 2.75) is 6.61 Å². The van der Waals surface area contributed by atoms with Crippen LogP contribution in [0.25, 0.3) is 28.1 Å². The van der Waals surface area contributed by atoms with E-state index in [4.69, 9.17) is 25.5 Å². The van der Waals surface area contributed by atoms with Gasteiger partial charge in [0.1, 0.15) is 35.2 Å². The van der Waals surface area contributed by atoms with Crippen LogP contribution in [0, 0.1) is 0 Å². The molecule has 0 saturated carbocycles. The number of fused-ring (bicyclic) bond motifs is 1. The van der Waals surface area contributed by atoms with Crippen LogP contribution in [0.4, 0.5) is 0 Å². The molecule has 4 aromatic carbocycles. The Kier molecular flexibility index (Phi) is 6.97. The van der Waals surface area contributed by atoms with Crippen molar-refractivity contribution in [1.82, 2.24) is 0 Å². The molecule has 0 aliphatic carbocycles. The van der Waals surface area contributed by atoms with Crippen LogP contribution >= 0.6 is 11.6 Å². The summed E-state index contributed by atoms with van der Waals surface area (Å²) in [5.74, 6) is 0.997. The van der Waals surface area contributed by atoms with E-state index >= 15 is 0 Å². The second-order valence-corrected chi connectivity index (χ2v) is 8.76. The molecule has 37 heavy (non-hydrogen) atoms. The SMILES string of the molecule is COc1c(C(=O)/C=C(\O)c2ccccc2)ccc2oc(-c3ccc(OCc4ccccc4)c(Cl)c3)cc12. The lowest BCUT2D eigenvalue weighted by Crippen LogP contribution is -2.00. The molecule has 0 aliphatic rings. The van der Waals surface area contributed by atoms with Gasteiger partial charge in [-0.2, -0.15) is 0 Å². The van der Waals surface area contributed by atoms with Crippen molar-refractivity contribution in [3.63, 3.8) is 0 Å². The molecule has 0 aliphatic heterocycles. The topological polar surface area (TPSA) is 68.9 Å². The fourth-order valence-electron chi connectivity index (χ4n) is 4.04. The molecule has 0 amide bonds. The third-order valence-corrected chi connectivity index (χ3v) is 6.21. The number of aliphatic hydroxyl groups excluding tert-OH is 1. The highest BCUT2D eigenvalue weighted by Crippen LogP contribution is 2.38. The van der Waals surface area contributed by atoms with E-state index in [1.165, 1.54) is 13.2 Å². The first kappa shape index (κ1) is 24.2. The van der Waals surface area contributed by atoms with Crippen LogP contribution < -0.4 is 9.47 Å². The molecule has 0 saturated heterocycles. The summed E-state index contributed by atoms with van der Waals surface area (Å²) in [6.07, 6.45) is 1.19. The van der Waals surface area contributed by atoms with Gasteiger partial charge in [-0.1, -0.05) is 72.3 Å². The predicted octanol–water partition coefficient (Wildman–Crippen LogP) is 8.12. The highest BCUT2D eigenvalue weighted by Gasteiger charge is 2.19. The molecule has 1 N–H and O–H groups in total.